The number of nitrogens with one attached hydrogen (secondary N) is 1. The van der Waals surface area contributed by atoms with Crippen LogP contribution < -0.4 is 5.32 Å². The van der Waals surface area contributed by atoms with Gasteiger partial charge in [-0.05, 0) is 13.1 Å². The summed E-state index contributed by atoms with van der Waals surface area (Å²) in [6, 6.07) is 0. The number of rotatable bonds is 8. The van der Waals surface area contributed by atoms with Crippen LogP contribution in [0, 0.1) is 0 Å². The Bertz CT molecular complexity index is 511. The highest BCUT2D eigenvalue weighted by molar-refractivity contribution is 5.38. The number of hydrogen-bond acceptors (Lipinski definition) is 4. The van der Waals surface area contributed by atoms with Gasteiger partial charge in [0.1, 0.15) is 0 Å². The van der Waals surface area contributed by atoms with E-state index in [9.17, 15) is 0 Å². The van der Waals surface area contributed by atoms with Crippen LogP contribution in [-0.4, -0.2) is 43.9 Å². The topological polar surface area (TPSA) is 50.9 Å². The third-order valence-corrected chi connectivity index (χ3v) is 3.56. The van der Waals surface area contributed by atoms with Gasteiger partial charge in [-0.1, -0.05) is 13.8 Å². The van der Waals surface area contributed by atoms with Crippen LogP contribution in [0.5, 0.6) is 0 Å². The zero-order valence-corrected chi connectivity index (χ0v) is 12.6. The average molecular weight is 276 g/mol. The SMILES string of the molecule is CCN(CC)CCn1cc(NCc2cncn2C)cn1. The normalized spacial score (nSPS) is 11.2. The summed E-state index contributed by atoms with van der Waals surface area (Å²) >= 11 is 0. The Morgan fingerprint density at radius 2 is 2.05 bits per heavy atom. The Morgan fingerprint density at radius 3 is 2.70 bits per heavy atom. The maximum absolute atomic E-state index is 4.38. The van der Waals surface area contributed by atoms with E-state index in [1.807, 2.05) is 35.0 Å². The van der Waals surface area contributed by atoms with Crippen molar-refractivity contribution in [1.29, 1.82) is 0 Å². The van der Waals surface area contributed by atoms with Gasteiger partial charge in [-0.2, -0.15) is 5.10 Å². The van der Waals surface area contributed by atoms with Crippen molar-refractivity contribution in [2.75, 3.05) is 25.0 Å². The molecule has 0 spiro atoms. The minimum atomic E-state index is 0.762. The highest BCUT2D eigenvalue weighted by Crippen LogP contribution is 2.07. The smallest absolute Gasteiger partial charge is 0.0946 e. The molecule has 2 rings (SSSR count). The molecule has 0 saturated heterocycles. The molecule has 6 nitrogen and oxygen atoms in total. The molecule has 0 unspecified atom stereocenters. The van der Waals surface area contributed by atoms with Crippen molar-refractivity contribution in [3.05, 3.63) is 30.6 Å². The molecule has 0 bridgehead atoms. The second-order valence-corrected chi connectivity index (χ2v) is 4.87. The molecule has 0 amide bonds. The quantitative estimate of drug-likeness (QED) is 0.795. The standard InChI is InChI=1S/C14H24N6/c1-4-19(5-2)6-7-20-11-13(8-17-20)16-10-14-9-15-12-18(14)3/h8-9,11-12,16H,4-7,10H2,1-3H3. The van der Waals surface area contributed by atoms with Gasteiger partial charge in [-0.25, -0.2) is 4.98 Å². The zero-order chi connectivity index (χ0) is 14.4. The predicted molar refractivity (Wildman–Crippen MR) is 80.5 cm³/mol. The Labute approximate surface area is 120 Å². The van der Waals surface area contributed by atoms with Crippen molar-refractivity contribution in [2.24, 2.45) is 7.05 Å². The minimum Gasteiger partial charge on any atom is -0.377 e. The lowest BCUT2D eigenvalue weighted by atomic mass is 10.4. The van der Waals surface area contributed by atoms with Crippen LogP contribution in [0.1, 0.15) is 19.5 Å². The number of aromatic nitrogens is 4. The molecule has 0 saturated carbocycles. The van der Waals surface area contributed by atoms with Crippen molar-refractivity contribution in [2.45, 2.75) is 26.9 Å². The molecule has 2 aromatic heterocycles. The van der Waals surface area contributed by atoms with E-state index in [-0.39, 0.29) is 0 Å². The molecule has 0 aliphatic rings. The number of nitrogens with zero attached hydrogens (tertiary/aromatic N) is 5. The lowest BCUT2D eigenvalue weighted by molar-refractivity contribution is 0.285. The van der Waals surface area contributed by atoms with Crippen molar-refractivity contribution < 1.29 is 0 Å². The van der Waals surface area contributed by atoms with Gasteiger partial charge in [-0.15, -0.1) is 0 Å². The Hall–Kier alpha value is -1.82. The van der Waals surface area contributed by atoms with Crippen LogP contribution >= 0.6 is 0 Å². The summed E-state index contributed by atoms with van der Waals surface area (Å²) in [6.07, 6.45) is 7.61. The molecule has 0 radical (unpaired) electrons. The molecule has 0 fully saturated rings. The van der Waals surface area contributed by atoms with Crippen LogP contribution in [0.2, 0.25) is 0 Å². The second kappa shape index (κ2) is 7.09. The van der Waals surface area contributed by atoms with Gasteiger partial charge in [-0.3, -0.25) is 4.68 Å². The summed E-state index contributed by atoms with van der Waals surface area (Å²) in [4.78, 5) is 6.50. The maximum Gasteiger partial charge on any atom is 0.0946 e. The van der Waals surface area contributed by atoms with Crippen LogP contribution in [0.4, 0.5) is 5.69 Å². The van der Waals surface area contributed by atoms with Gasteiger partial charge in [0.15, 0.2) is 0 Å². The highest BCUT2D eigenvalue weighted by atomic mass is 15.3. The number of anilines is 1. The third kappa shape index (κ3) is 3.84. The molecule has 0 atom stereocenters. The van der Waals surface area contributed by atoms with Crippen LogP contribution in [-0.2, 0) is 20.1 Å². The molecular weight excluding hydrogens is 252 g/mol. The van der Waals surface area contributed by atoms with E-state index in [1.165, 1.54) is 0 Å². The van der Waals surface area contributed by atoms with Gasteiger partial charge in [0, 0.05) is 26.0 Å². The van der Waals surface area contributed by atoms with Gasteiger partial charge in [0.05, 0.1) is 37.0 Å². The van der Waals surface area contributed by atoms with E-state index in [2.05, 4.69) is 40.3 Å². The molecule has 2 heterocycles. The predicted octanol–water partition coefficient (Wildman–Crippen LogP) is 1.57. The largest absolute Gasteiger partial charge is 0.377 e. The fourth-order valence-corrected chi connectivity index (χ4v) is 2.11. The molecule has 0 aliphatic carbocycles. The zero-order valence-electron chi connectivity index (χ0n) is 12.6. The molecule has 20 heavy (non-hydrogen) atoms. The summed E-state index contributed by atoms with van der Waals surface area (Å²) in [5, 5.41) is 7.75. The molecule has 0 aliphatic heterocycles. The average Bonchev–Trinajstić information content (AvgIpc) is 3.07. The maximum atomic E-state index is 4.38. The van der Waals surface area contributed by atoms with E-state index in [0.717, 1.165) is 44.1 Å². The van der Waals surface area contributed by atoms with Gasteiger partial charge < -0.3 is 14.8 Å². The molecule has 0 aromatic carbocycles. The Morgan fingerprint density at radius 1 is 1.25 bits per heavy atom. The number of likely N-dealkylation sites (N-methyl/N-ethyl adjacent to an activating group) is 1. The molecule has 1 N–H and O–H groups in total. The Balaban J connectivity index is 1.81. The lowest BCUT2D eigenvalue weighted by Crippen LogP contribution is -2.27. The first kappa shape index (κ1) is 14.6. The monoisotopic (exact) mass is 276 g/mol. The van der Waals surface area contributed by atoms with Crippen LogP contribution in [0.25, 0.3) is 0 Å². The number of imidazole rings is 1. The van der Waals surface area contributed by atoms with Gasteiger partial charge in [0.2, 0.25) is 0 Å². The first-order valence-corrected chi connectivity index (χ1v) is 7.16. The van der Waals surface area contributed by atoms with Gasteiger partial charge in [0.25, 0.3) is 0 Å². The van der Waals surface area contributed by atoms with Crippen molar-refractivity contribution in [3.63, 3.8) is 0 Å². The minimum absolute atomic E-state index is 0.762. The third-order valence-electron chi connectivity index (χ3n) is 3.56. The fourth-order valence-electron chi connectivity index (χ4n) is 2.11. The summed E-state index contributed by atoms with van der Waals surface area (Å²) in [6.45, 7) is 9.27. The summed E-state index contributed by atoms with van der Waals surface area (Å²) in [5.74, 6) is 0. The fraction of sp³-hybridized carbons (Fsp3) is 0.571. The van der Waals surface area contributed by atoms with Gasteiger partial charge >= 0.3 is 0 Å². The van der Waals surface area contributed by atoms with Crippen LogP contribution in [0.3, 0.4) is 0 Å². The highest BCUT2D eigenvalue weighted by Gasteiger charge is 2.03. The first-order chi connectivity index (χ1) is 9.72. The first-order valence-electron chi connectivity index (χ1n) is 7.16. The summed E-state index contributed by atoms with van der Waals surface area (Å²) in [5.41, 5.74) is 2.20. The summed E-state index contributed by atoms with van der Waals surface area (Å²) < 4.78 is 4.00. The molecule has 2 aromatic rings. The number of hydrogen-bond donors (Lipinski definition) is 1. The molecule has 6 heteroatoms. The Kier molecular flexibility index (Phi) is 5.17. The number of aryl methyl sites for hydroxylation is 1. The van der Waals surface area contributed by atoms with E-state index in [1.54, 1.807) is 0 Å². The lowest BCUT2D eigenvalue weighted by Gasteiger charge is -2.17. The van der Waals surface area contributed by atoms with Crippen molar-refractivity contribution >= 4 is 5.69 Å². The second-order valence-electron chi connectivity index (χ2n) is 4.87. The van der Waals surface area contributed by atoms with E-state index in [0.29, 0.717) is 0 Å². The molecular formula is C14H24N6. The molecule has 110 valence electrons. The summed E-state index contributed by atoms with van der Waals surface area (Å²) in [7, 11) is 2.00. The van der Waals surface area contributed by atoms with E-state index < -0.39 is 0 Å². The van der Waals surface area contributed by atoms with E-state index in [4.69, 9.17) is 0 Å². The van der Waals surface area contributed by atoms with Crippen molar-refractivity contribution in [1.82, 2.24) is 24.2 Å². The van der Waals surface area contributed by atoms with Crippen LogP contribution in [0.15, 0.2) is 24.9 Å². The van der Waals surface area contributed by atoms with Crippen molar-refractivity contribution in [3.8, 4) is 0 Å². The van der Waals surface area contributed by atoms with E-state index >= 15 is 0 Å².